The van der Waals surface area contributed by atoms with E-state index in [0.29, 0.717) is 12.6 Å². The van der Waals surface area contributed by atoms with Gasteiger partial charge < -0.3 is 10.4 Å². The average Bonchev–Trinajstić information content (AvgIpc) is 2.14. The van der Waals surface area contributed by atoms with Crippen molar-refractivity contribution in [3.05, 3.63) is 12.7 Å². The Kier molecular flexibility index (Phi) is 9.49. The van der Waals surface area contributed by atoms with Gasteiger partial charge in [0.15, 0.2) is 0 Å². The number of unbranched alkanes of at least 4 members (excludes halogenated alkanes) is 2. The molecule has 1 unspecified atom stereocenters. The van der Waals surface area contributed by atoms with Crippen LogP contribution in [0.1, 0.15) is 39.0 Å². The fourth-order valence-electron chi connectivity index (χ4n) is 1.23. The van der Waals surface area contributed by atoms with Crippen molar-refractivity contribution >= 4 is 0 Å². The van der Waals surface area contributed by atoms with Gasteiger partial charge in [0.05, 0.1) is 0 Å². The molecule has 0 aromatic carbocycles. The van der Waals surface area contributed by atoms with E-state index in [0.717, 1.165) is 25.8 Å². The Balaban J connectivity index is 3.07. The lowest BCUT2D eigenvalue weighted by molar-refractivity contribution is 0.282. The highest BCUT2D eigenvalue weighted by atomic mass is 16.2. The molecule has 1 atom stereocenters. The van der Waals surface area contributed by atoms with Crippen molar-refractivity contribution in [2.45, 2.75) is 45.1 Å². The van der Waals surface area contributed by atoms with Crippen LogP contribution in [0, 0.1) is 0 Å². The predicted molar refractivity (Wildman–Crippen MR) is 57.8 cm³/mol. The lowest BCUT2D eigenvalue weighted by atomic mass is 10.1. The minimum absolute atomic E-state index is 0.325. The van der Waals surface area contributed by atoms with Gasteiger partial charge >= 0.3 is 0 Å². The molecule has 2 N–H and O–H groups in total. The topological polar surface area (TPSA) is 32.3 Å². The summed E-state index contributed by atoms with van der Waals surface area (Å²) < 4.78 is 0. The number of hydrogen-bond donors (Lipinski definition) is 2. The molecule has 0 bridgehead atoms. The molecule has 2 nitrogen and oxygen atoms in total. The third-order valence-corrected chi connectivity index (χ3v) is 2.13. The van der Waals surface area contributed by atoms with Gasteiger partial charge in [0.1, 0.15) is 0 Å². The maximum absolute atomic E-state index is 8.56. The second-order valence-electron chi connectivity index (χ2n) is 3.51. The van der Waals surface area contributed by atoms with E-state index in [9.17, 15) is 0 Å². The number of rotatable bonds is 9. The van der Waals surface area contributed by atoms with Crippen molar-refractivity contribution in [2.75, 3.05) is 13.2 Å². The predicted octanol–water partition coefficient (Wildman–Crippen LogP) is 2.09. The van der Waals surface area contributed by atoms with Crippen molar-refractivity contribution in [1.82, 2.24) is 5.32 Å². The first kappa shape index (κ1) is 12.7. The zero-order valence-corrected chi connectivity index (χ0v) is 8.76. The molecule has 0 fully saturated rings. The minimum Gasteiger partial charge on any atom is -0.396 e. The molecule has 0 saturated carbocycles. The summed E-state index contributed by atoms with van der Waals surface area (Å²) in [6.45, 7) is 7.29. The summed E-state index contributed by atoms with van der Waals surface area (Å²) in [5.74, 6) is 0. The summed E-state index contributed by atoms with van der Waals surface area (Å²) in [7, 11) is 0. The van der Waals surface area contributed by atoms with E-state index in [1.165, 1.54) is 12.8 Å². The van der Waals surface area contributed by atoms with Gasteiger partial charge in [-0.3, -0.25) is 0 Å². The third-order valence-electron chi connectivity index (χ3n) is 2.13. The molecular weight excluding hydrogens is 162 g/mol. The molecule has 0 heterocycles. The maximum Gasteiger partial charge on any atom is 0.0431 e. The van der Waals surface area contributed by atoms with Crippen LogP contribution >= 0.6 is 0 Å². The maximum atomic E-state index is 8.56. The molecule has 0 radical (unpaired) electrons. The van der Waals surface area contributed by atoms with E-state index in [-0.39, 0.29) is 0 Å². The monoisotopic (exact) mass is 185 g/mol. The van der Waals surface area contributed by atoms with Crippen LogP contribution in [-0.4, -0.2) is 24.3 Å². The number of allylic oxidation sites excluding steroid dienone is 1. The smallest absolute Gasteiger partial charge is 0.0431 e. The number of aliphatic hydroxyl groups is 1. The van der Waals surface area contributed by atoms with E-state index in [1.54, 1.807) is 0 Å². The van der Waals surface area contributed by atoms with E-state index >= 15 is 0 Å². The Morgan fingerprint density at radius 2 is 2.15 bits per heavy atom. The normalized spacial score (nSPS) is 12.8. The molecule has 0 rings (SSSR count). The van der Waals surface area contributed by atoms with Gasteiger partial charge in [0.25, 0.3) is 0 Å². The largest absolute Gasteiger partial charge is 0.396 e. The van der Waals surface area contributed by atoms with Gasteiger partial charge in [-0.2, -0.15) is 0 Å². The first-order valence-electron chi connectivity index (χ1n) is 5.26. The van der Waals surface area contributed by atoms with Crippen LogP contribution < -0.4 is 5.32 Å². The molecule has 0 aromatic rings. The second-order valence-corrected chi connectivity index (χ2v) is 3.51. The summed E-state index contributed by atoms with van der Waals surface area (Å²) >= 11 is 0. The SMILES string of the molecule is C=CCCC(C)NCCCCCO. The second kappa shape index (κ2) is 9.75. The quantitative estimate of drug-likeness (QED) is 0.426. The Labute approximate surface area is 82.0 Å². The molecule has 0 saturated heterocycles. The van der Waals surface area contributed by atoms with E-state index in [1.807, 2.05) is 6.08 Å². The van der Waals surface area contributed by atoms with Gasteiger partial charge in [-0.15, -0.1) is 6.58 Å². The molecule has 78 valence electrons. The fraction of sp³-hybridized carbons (Fsp3) is 0.818. The Bertz CT molecular complexity index is 115. The molecule has 0 spiro atoms. The first-order chi connectivity index (χ1) is 6.31. The van der Waals surface area contributed by atoms with Crippen LogP contribution in [0.2, 0.25) is 0 Å². The van der Waals surface area contributed by atoms with Gasteiger partial charge in [-0.05, 0) is 45.6 Å². The van der Waals surface area contributed by atoms with Crippen LogP contribution in [0.3, 0.4) is 0 Å². The van der Waals surface area contributed by atoms with Gasteiger partial charge in [0, 0.05) is 12.6 Å². The Hall–Kier alpha value is -0.340. The van der Waals surface area contributed by atoms with Crippen molar-refractivity contribution in [2.24, 2.45) is 0 Å². The van der Waals surface area contributed by atoms with Crippen LogP contribution in [0.5, 0.6) is 0 Å². The van der Waals surface area contributed by atoms with Crippen LogP contribution in [-0.2, 0) is 0 Å². The molecule has 0 aromatic heterocycles. The molecule has 0 aliphatic carbocycles. The van der Waals surface area contributed by atoms with E-state index in [4.69, 9.17) is 5.11 Å². The molecule has 0 aliphatic heterocycles. The van der Waals surface area contributed by atoms with Crippen LogP contribution in [0.15, 0.2) is 12.7 Å². The summed E-state index contributed by atoms with van der Waals surface area (Å²) in [5, 5.41) is 12.0. The zero-order valence-electron chi connectivity index (χ0n) is 8.76. The molecular formula is C11H23NO. The van der Waals surface area contributed by atoms with Gasteiger partial charge in [0.2, 0.25) is 0 Å². The van der Waals surface area contributed by atoms with E-state index < -0.39 is 0 Å². The first-order valence-corrected chi connectivity index (χ1v) is 5.26. The molecule has 0 aliphatic rings. The third kappa shape index (κ3) is 9.57. The summed E-state index contributed by atoms with van der Waals surface area (Å²) in [4.78, 5) is 0. The fourth-order valence-corrected chi connectivity index (χ4v) is 1.23. The minimum atomic E-state index is 0.325. The van der Waals surface area contributed by atoms with Crippen LogP contribution in [0.25, 0.3) is 0 Å². The van der Waals surface area contributed by atoms with Crippen molar-refractivity contribution in [3.8, 4) is 0 Å². The van der Waals surface area contributed by atoms with Gasteiger partial charge in [-0.1, -0.05) is 6.08 Å². The average molecular weight is 185 g/mol. The number of aliphatic hydroxyl groups excluding tert-OH is 1. The Morgan fingerprint density at radius 3 is 2.77 bits per heavy atom. The number of hydrogen-bond acceptors (Lipinski definition) is 2. The lowest BCUT2D eigenvalue weighted by Gasteiger charge is -2.11. The lowest BCUT2D eigenvalue weighted by Crippen LogP contribution is -2.26. The van der Waals surface area contributed by atoms with Gasteiger partial charge in [-0.25, -0.2) is 0 Å². The molecule has 13 heavy (non-hydrogen) atoms. The molecule has 2 heteroatoms. The molecule has 0 amide bonds. The Morgan fingerprint density at radius 1 is 1.38 bits per heavy atom. The summed E-state index contributed by atoms with van der Waals surface area (Å²) in [6.07, 6.45) is 7.44. The summed E-state index contributed by atoms with van der Waals surface area (Å²) in [5.41, 5.74) is 0. The van der Waals surface area contributed by atoms with Crippen molar-refractivity contribution in [1.29, 1.82) is 0 Å². The number of nitrogens with one attached hydrogen (secondary N) is 1. The highest BCUT2D eigenvalue weighted by Crippen LogP contribution is 1.98. The van der Waals surface area contributed by atoms with E-state index in [2.05, 4.69) is 18.8 Å². The van der Waals surface area contributed by atoms with Crippen molar-refractivity contribution < 1.29 is 5.11 Å². The highest BCUT2D eigenvalue weighted by molar-refractivity contribution is 4.70. The summed E-state index contributed by atoms with van der Waals surface area (Å²) in [6, 6.07) is 0.590. The standard InChI is InChI=1S/C11H23NO/c1-3-4-8-11(2)12-9-6-5-7-10-13/h3,11-13H,1,4-10H2,2H3. The van der Waals surface area contributed by atoms with Crippen molar-refractivity contribution in [3.63, 3.8) is 0 Å². The van der Waals surface area contributed by atoms with Crippen LogP contribution in [0.4, 0.5) is 0 Å². The zero-order chi connectivity index (χ0) is 9.94. The highest BCUT2D eigenvalue weighted by Gasteiger charge is 1.97.